The Bertz CT molecular complexity index is 423. The molecule has 1 fully saturated rings. The average molecular weight is 276 g/mol. The predicted molar refractivity (Wildman–Crippen MR) is 81.0 cm³/mol. The van der Waals surface area contributed by atoms with Crippen LogP contribution in [0.15, 0.2) is 24.3 Å². The Hall–Kier alpha value is -1.55. The van der Waals surface area contributed by atoms with E-state index in [0.717, 1.165) is 18.8 Å². The van der Waals surface area contributed by atoms with Crippen LogP contribution in [-0.2, 0) is 9.53 Å². The van der Waals surface area contributed by atoms with Crippen LogP contribution in [0.3, 0.4) is 0 Å². The summed E-state index contributed by atoms with van der Waals surface area (Å²) >= 11 is 0. The molecule has 1 N–H and O–H groups in total. The van der Waals surface area contributed by atoms with Gasteiger partial charge < -0.3 is 15.0 Å². The highest BCUT2D eigenvalue weighted by atomic mass is 16.5. The molecule has 0 spiro atoms. The number of morpholine rings is 1. The van der Waals surface area contributed by atoms with Gasteiger partial charge in [0.25, 0.3) is 0 Å². The fraction of sp³-hybridized carbons (Fsp3) is 0.562. The van der Waals surface area contributed by atoms with E-state index in [4.69, 9.17) is 4.74 Å². The van der Waals surface area contributed by atoms with Crippen LogP contribution >= 0.6 is 0 Å². The largest absolute Gasteiger partial charge is 0.385 e. The molecule has 1 amide bonds. The number of nitrogens with zero attached hydrogens (tertiary/aromatic N) is 1. The lowest BCUT2D eigenvalue weighted by molar-refractivity contribution is -0.134. The second-order valence-corrected chi connectivity index (χ2v) is 5.45. The van der Waals surface area contributed by atoms with Gasteiger partial charge in [-0.15, -0.1) is 0 Å². The van der Waals surface area contributed by atoms with Crippen molar-refractivity contribution >= 4 is 11.6 Å². The standard InChI is InChI=1S/C16H24N2O2/c1-13(2)14-3-5-15(6-4-14)17-8-7-16(19)18-9-11-20-12-10-18/h3-6,13,17H,7-12H2,1-2H3. The summed E-state index contributed by atoms with van der Waals surface area (Å²) in [6.07, 6.45) is 0.534. The van der Waals surface area contributed by atoms with Gasteiger partial charge in [0.15, 0.2) is 0 Å². The highest BCUT2D eigenvalue weighted by Crippen LogP contribution is 2.17. The molecule has 1 aromatic carbocycles. The third kappa shape index (κ3) is 4.23. The summed E-state index contributed by atoms with van der Waals surface area (Å²) in [5.74, 6) is 0.756. The van der Waals surface area contributed by atoms with Gasteiger partial charge in [-0.25, -0.2) is 0 Å². The third-order valence-corrected chi connectivity index (χ3v) is 3.61. The minimum Gasteiger partial charge on any atom is -0.385 e. The molecule has 1 aliphatic rings. The molecule has 0 atom stereocenters. The second-order valence-electron chi connectivity index (χ2n) is 5.45. The summed E-state index contributed by atoms with van der Waals surface area (Å²) in [5.41, 5.74) is 2.41. The smallest absolute Gasteiger partial charge is 0.224 e. The first-order valence-corrected chi connectivity index (χ1v) is 7.36. The summed E-state index contributed by atoms with van der Waals surface area (Å²) in [7, 11) is 0. The van der Waals surface area contributed by atoms with Crippen molar-refractivity contribution in [1.29, 1.82) is 0 Å². The van der Waals surface area contributed by atoms with Crippen molar-refractivity contribution in [2.45, 2.75) is 26.2 Å². The molecule has 0 saturated carbocycles. The van der Waals surface area contributed by atoms with Gasteiger partial charge in [0, 0.05) is 31.7 Å². The maximum Gasteiger partial charge on any atom is 0.224 e. The van der Waals surface area contributed by atoms with E-state index in [1.807, 2.05) is 4.90 Å². The van der Waals surface area contributed by atoms with Crippen molar-refractivity contribution in [3.05, 3.63) is 29.8 Å². The minimum atomic E-state index is 0.208. The fourth-order valence-electron chi connectivity index (χ4n) is 2.27. The number of anilines is 1. The van der Waals surface area contributed by atoms with Crippen molar-refractivity contribution in [2.24, 2.45) is 0 Å². The first-order valence-electron chi connectivity index (χ1n) is 7.36. The lowest BCUT2D eigenvalue weighted by atomic mass is 10.0. The first-order chi connectivity index (χ1) is 9.66. The summed E-state index contributed by atoms with van der Waals surface area (Å²) < 4.78 is 5.24. The molecule has 110 valence electrons. The van der Waals surface area contributed by atoms with E-state index >= 15 is 0 Å². The molecule has 1 aliphatic heterocycles. The van der Waals surface area contributed by atoms with Crippen LogP contribution in [0.4, 0.5) is 5.69 Å². The van der Waals surface area contributed by atoms with E-state index in [9.17, 15) is 4.79 Å². The molecule has 4 heteroatoms. The van der Waals surface area contributed by atoms with E-state index in [1.54, 1.807) is 0 Å². The molecule has 1 heterocycles. The number of hydrogen-bond donors (Lipinski definition) is 1. The van der Waals surface area contributed by atoms with Crippen molar-refractivity contribution < 1.29 is 9.53 Å². The fourth-order valence-corrected chi connectivity index (χ4v) is 2.27. The van der Waals surface area contributed by atoms with Gasteiger partial charge in [-0.05, 0) is 23.6 Å². The third-order valence-electron chi connectivity index (χ3n) is 3.61. The number of carbonyl (C=O) groups excluding carboxylic acids is 1. The maximum atomic E-state index is 12.0. The van der Waals surface area contributed by atoms with E-state index in [2.05, 4.69) is 43.4 Å². The van der Waals surface area contributed by atoms with Crippen molar-refractivity contribution in [1.82, 2.24) is 4.90 Å². The first kappa shape index (κ1) is 14.9. The molecule has 0 radical (unpaired) electrons. The second kappa shape index (κ2) is 7.29. The number of amides is 1. The van der Waals surface area contributed by atoms with Crippen LogP contribution in [-0.4, -0.2) is 43.7 Å². The lowest BCUT2D eigenvalue weighted by Gasteiger charge is -2.26. The van der Waals surface area contributed by atoms with Gasteiger partial charge in [-0.1, -0.05) is 26.0 Å². The number of hydrogen-bond acceptors (Lipinski definition) is 3. The number of rotatable bonds is 5. The summed E-state index contributed by atoms with van der Waals surface area (Å²) in [5, 5.41) is 3.30. The predicted octanol–water partition coefficient (Wildman–Crippen LogP) is 2.47. The van der Waals surface area contributed by atoms with Crippen LogP contribution in [0.1, 0.15) is 31.7 Å². The highest BCUT2D eigenvalue weighted by Gasteiger charge is 2.15. The van der Waals surface area contributed by atoms with E-state index in [0.29, 0.717) is 32.1 Å². The van der Waals surface area contributed by atoms with Gasteiger partial charge in [-0.3, -0.25) is 4.79 Å². The zero-order valence-corrected chi connectivity index (χ0v) is 12.4. The molecule has 0 unspecified atom stereocenters. The average Bonchev–Trinajstić information content (AvgIpc) is 2.48. The van der Waals surface area contributed by atoms with Crippen molar-refractivity contribution in [3.8, 4) is 0 Å². The number of benzene rings is 1. The van der Waals surface area contributed by atoms with E-state index in [-0.39, 0.29) is 5.91 Å². The number of carbonyl (C=O) groups is 1. The van der Waals surface area contributed by atoms with Crippen molar-refractivity contribution in [2.75, 3.05) is 38.2 Å². The molecule has 1 aromatic rings. The SMILES string of the molecule is CC(C)c1ccc(NCCC(=O)N2CCOCC2)cc1. The summed E-state index contributed by atoms with van der Waals surface area (Å²) in [6, 6.07) is 8.43. The zero-order valence-electron chi connectivity index (χ0n) is 12.4. The van der Waals surface area contributed by atoms with Gasteiger partial charge >= 0.3 is 0 Å². The topological polar surface area (TPSA) is 41.6 Å². The quantitative estimate of drug-likeness (QED) is 0.898. The van der Waals surface area contributed by atoms with Gasteiger partial charge in [-0.2, -0.15) is 0 Å². The van der Waals surface area contributed by atoms with E-state index in [1.165, 1.54) is 5.56 Å². The normalized spacial score (nSPS) is 15.4. The Morgan fingerprint density at radius 3 is 2.50 bits per heavy atom. The van der Waals surface area contributed by atoms with Crippen LogP contribution < -0.4 is 5.32 Å². The van der Waals surface area contributed by atoms with E-state index < -0.39 is 0 Å². The highest BCUT2D eigenvalue weighted by molar-refractivity contribution is 5.76. The number of ether oxygens (including phenoxy) is 1. The van der Waals surface area contributed by atoms with Crippen LogP contribution in [0.2, 0.25) is 0 Å². The van der Waals surface area contributed by atoms with Gasteiger partial charge in [0.1, 0.15) is 0 Å². The summed E-state index contributed by atoms with van der Waals surface area (Å²) in [6.45, 7) is 7.82. The lowest BCUT2D eigenvalue weighted by Crippen LogP contribution is -2.41. The van der Waals surface area contributed by atoms with Gasteiger partial charge in [0.05, 0.1) is 13.2 Å². The Morgan fingerprint density at radius 2 is 1.90 bits per heavy atom. The zero-order chi connectivity index (χ0) is 14.4. The van der Waals surface area contributed by atoms with Crippen molar-refractivity contribution in [3.63, 3.8) is 0 Å². The molecule has 0 aliphatic carbocycles. The molecular formula is C16H24N2O2. The molecular weight excluding hydrogens is 252 g/mol. The monoisotopic (exact) mass is 276 g/mol. The van der Waals surface area contributed by atoms with Crippen LogP contribution in [0.25, 0.3) is 0 Å². The molecule has 1 saturated heterocycles. The van der Waals surface area contributed by atoms with Crippen LogP contribution in [0, 0.1) is 0 Å². The number of nitrogens with one attached hydrogen (secondary N) is 1. The Morgan fingerprint density at radius 1 is 1.25 bits per heavy atom. The van der Waals surface area contributed by atoms with Gasteiger partial charge in [0.2, 0.25) is 5.91 Å². The minimum absolute atomic E-state index is 0.208. The Balaban J connectivity index is 1.73. The molecule has 0 bridgehead atoms. The summed E-state index contributed by atoms with van der Waals surface area (Å²) in [4.78, 5) is 13.8. The molecule has 2 rings (SSSR count). The van der Waals surface area contributed by atoms with Crippen LogP contribution in [0.5, 0.6) is 0 Å². The Kier molecular flexibility index (Phi) is 5.41. The molecule has 4 nitrogen and oxygen atoms in total. The maximum absolute atomic E-state index is 12.0. The molecule has 0 aromatic heterocycles. The Labute approximate surface area is 121 Å². The molecule has 20 heavy (non-hydrogen) atoms.